The van der Waals surface area contributed by atoms with E-state index in [0.717, 1.165) is 5.56 Å². The molecule has 5 N–H and O–H groups in total. The molecule has 1 aromatic carbocycles. The number of rotatable bonds is 7. The summed E-state index contributed by atoms with van der Waals surface area (Å²) in [5, 5.41) is 22.0. The van der Waals surface area contributed by atoms with Crippen molar-refractivity contribution in [2.45, 2.75) is 90.7 Å². The lowest BCUT2D eigenvalue weighted by atomic mass is 9.84. The molecule has 0 aromatic heterocycles. The summed E-state index contributed by atoms with van der Waals surface area (Å²) in [6.45, 7) is 4.45. The van der Waals surface area contributed by atoms with Crippen LogP contribution in [0.5, 0.6) is 0 Å². The van der Waals surface area contributed by atoms with Crippen LogP contribution in [0.25, 0.3) is 0 Å². The molecule has 37 heavy (non-hydrogen) atoms. The quantitative estimate of drug-likeness (QED) is 0.311. The first-order valence-electron chi connectivity index (χ1n) is 12.7. The largest absolute Gasteiger partial charge is 0.466 e. The van der Waals surface area contributed by atoms with Crippen LogP contribution >= 0.6 is 0 Å². The molecule has 6 atom stereocenters. The second kappa shape index (κ2) is 16.9. The molecule has 2 saturated carbocycles. The zero-order valence-electron chi connectivity index (χ0n) is 21.1. The number of amides is 1. The van der Waals surface area contributed by atoms with Crippen LogP contribution in [0.3, 0.4) is 0 Å². The highest BCUT2D eigenvalue weighted by Gasteiger charge is 2.35. The zero-order valence-corrected chi connectivity index (χ0v) is 21.1. The summed E-state index contributed by atoms with van der Waals surface area (Å²) in [5.41, 5.74) is 6.53. The average Bonchev–Trinajstić information content (AvgIpc) is 2.87. The molecule has 1 aromatic rings. The molecule has 2 aliphatic rings. The predicted octanol–water partition coefficient (Wildman–Crippen LogP) is 2.68. The van der Waals surface area contributed by atoms with E-state index >= 15 is 0 Å². The minimum Gasteiger partial charge on any atom is -0.466 e. The summed E-state index contributed by atoms with van der Waals surface area (Å²) in [5.74, 6) is -0.857. The van der Waals surface area contributed by atoms with Gasteiger partial charge in [-0.3, -0.25) is 9.59 Å². The van der Waals surface area contributed by atoms with Gasteiger partial charge in [-0.2, -0.15) is 0 Å². The molecule has 10 nitrogen and oxygen atoms in total. The molecule has 2 fully saturated rings. The molecule has 0 bridgehead atoms. The SMILES string of the molecule is C.CCOC(=O)[C@H]1CC[C@@H](O)[C@H](N)C1.CCOC(=O)[C@H]1CC[C@@H](O)[C@H](NC(=O)OCc2ccccc2)C1. The van der Waals surface area contributed by atoms with E-state index in [-0.39, 0.29) is 43.8 Å². The Balaban J connectivity index is 0.000000417. The second-order valence-electron chi connectivity index (χ2n) is 9.14. The van der Waals surface area contributed by atoms with E-state index in [0.29, 0.717) is 51.7 Å². The lowest BCUT2D eigenvalue weighted by Gasteiger charge is -2.32. The molecule has 1 amide bonds. The standard InChI is InChI=1S/C17H23NO5.C9H17NO3.CH4/c1-2-22-16(20)13-8-9-15(19)14(10-13)18-17(21)23-11-12-6-4-3-5-7-12;1-2-13-9(12)6-3-4-8(11)7(10)5-6;/h3-7,13-15,19H,2,8-11H2,1H3,(H,18,21);6-8,11H,2-5,10H2,1H3;1H4/t13-,14+,15+;6-,7+,8+;/m00./s1. The van der Waals surface area contributed by atoms with Gasteiger partial charge in [0.25, 0.3) is 0 Å². The molecule has 0 aliphatic heterocycles. The highest BCUT2D eigenvalue weighted by atomic mass is 16.5. The van der Waals surface area contributed by atoms with E-state index in [1.54, 1.807) is 13.8 Å². The van der Waals surface area contributed by atoms with E-state index < -0.39 is 24.3 Å². The van der Waals surface area contributed by atoms with Gasteiger partial charge in [0.1, 0.15) is 6.61 Å². The Bertz CT molecular complexity index is 822. The fourth-order valence-electron chi connectivity index (χ4n) is 4.36. The Kier molecular flexibility index (Phi) is 14.8. The summed E-state index contributed by atoms with van der Waals surface area (Å²) in [6.07, 6.45) is 1.49. The maximum absolute atomic E-state index is 11.9. The van der Waals surface area contributed by atoms with Crippen molar-refractivity contribution in [2.24, 2.45) is 17.6 Å². The minimum atomic E-state index is -0.676. The molecule has 0 spiro atoms. The summed E-state index contributed by atoms with van der Waals surface area (Å²) in [7, 11) is 0. The Hall–Kier alpha value is -2.69. The van der Waals surface area contributed by atoms with Crippen molar-refractivity contribution in [1.82, 2.24) is 5.32 Å². The normalized spacial score (nSPS) is 26.8. The van der Waals surface area contributed by atoms with Crippen molar-refractivity contribution in [3.05, 3.63) is 35.9 Å². The summed E-state index contributed by atoms with van der Waals surface area (Å²) in [6, 6.07) is 8.57. The number of esters is 2. The molecule has 0 heterocycles. The van der Waals surface area contributed by atoms with Crippen LogP contribution in [0.15, 0.2) is 30.3 Å². The van der Waals surface area contributed by atoms with Crippen molar-refractivity contribution >= 4 is 18.0 Å². The summed E-state index contributed by atoms with van der Waals surface area (Å²) < 4.78 is 15.0. The molecule has 10 heteroatoms. The Morgan fingerprint density at radius 1 is 0.865 bits per heavy atom. The van der Waals surface area contributed by atoms with E-state index in [9.17, 15) is 24.6 Å². The number of carbonyl (C=O) groups excluding carboxylic acids is 3. The van der Waals surface area contributed by atoms with Crippen molar-refractivity contribution in [3.63, 3.8) is 0 Å². The van der Waals surface area contributed by atoms with Crippen LogP contribution in [-0.4, -0.2) is 65.8 Å². The number of nitrogens with two attached hydrogens (primary N) is 1. The maximum Gasteiger partial charge on any atom is 0.407 e. The van der Waals surface area contributed by atoms with Gasteiger partial charge in [-0.25, -0.2) is 4.79 Å². The van der Waals surface area contributed by atoms with Crippen molar-refractivity contribution in [1.29, 1.82) is 0 Å². The van der Waals surface area contributed by atoms with Gasteiger partial charge in [-0.15, -0.1) is 0 Å². The van der Waals surface area contributed by atoms with Crippen LogP contribution in [0.1, 0.15) is 65.4 Å². The molecule has 210 valence electrons. The van der Waals surface area contributed by atoms with E-state index in [4.69, 9.17) is 19.9 Å². The van der Waals surface area contributed by atoms with E-state index in [2.05, 4.69) is 5.32 Å². The van der Waals surface area contributed by atoms with E-state index in [1.165, 1.54) is 0 Å². The van der Waals surface area contributed by atoms with Crippen molar-refractivity contribution < 1.29 is 38.8 Å². The van der Waals surface area contributed by atoms with Gasteiger partial charge in [0.2, 0.25) is 0 Å². The minimum absolute atomic E-state index is 0. The van der Waals surface area contributed by atoms with Crippen LogP contribution in [0, 0.1) is 11.8 Å². The number of aliphatic hydroxyl groups excluding tert-OH is 2. The Morgan fingerprint density at radius 3 is 1.95 bits per heavy atom. The van der Waals surface area contributed by atoms with Crippen molar-refractivity contribution in [2.75, 3.05) is 13.2 Å². The Labute approximate surface area is 219 Å². The molecular formula is C27H44N2O8. The molecule has 0 unspecified atom stereocenters. The first-order valence-corrected chi connectivity index (χ1v) is 12.7. The number of alkyl carbamates (subject to hydrolysis) is 1. The number of nitrogens with one attached hydrogen (secondary N) is 1. The smallest absolute Gasteiger partial charge is 0.407 e. The molecule has 2 aliphatic carbocycles. The van der Waals surface area contributed by atoms with Gasteiger partial charge in [0.05, 0.1) is 43.3 Å². The first kappa shape index (κ1) is 32.3. The van der Waals surface area contributed by atoms with Crippen LogP contribution in [-0.2, 0) is 30.4 Å². The van der Waals surface area contributed by atoms with Gasteiger partial charge >= 0.3 is 18.0 Å². The highest BCUT2D eigenvalue weighted by Crippen LogP contribution is 2.26. The molecular weight excluding hydrogens is 480 g/mol. The van der Waals surface area contributed by atoms with Crippen LogP contribution in [0.2, 0.25) is 0 Å². The summed E-state index contributed by atoms with van der Waals surface area (Å²) >= 11 is 0. The third kappa shape index (κ3) is 11.1. The fraction of sp³-hybridized carbons (Fsp3) is 0.667. The van der Waals surface area contributed by atoms with Crippen LogP contribution < -0.4 is 11.1 Å². The number of ether oxygens (including phenoxy) is 3. The van der Waals surface area contributed by atoms with E-state index in [1.807, 2.05) is 30.3 Å². The highest BCUT2D eigenvalue weighted by molar-refractivity contribution is 5.73. The Morgan fingerprint density at radius 2 is 1.41 bits per heavy atom. The topological polar surface area (TPSA) is 157 Å². The maximum atomic E-state index is 11.9. The average molecular weight is 525 g/mol. The number of benzene rings is 1. The monoisotopic (exact) mass is 524 g/mol. The second-order valence-corrected chi connectivity index (χ2v) is 9.14. The molecule has 3 rings (SSSR count). The number of carbonyl (C=O) groups is 3. The first-order chi connectivity index (χ1) is 17.2. The number of hydrogen-bond donors (Lipinski definition) is 4. The third-order valence-corrected chi connectivity index (χ3v) is 6.43. The van der Waals surface area contributed by atoms with Gasteiger partial charge in [0.15, 0.2) is 0 Å². The van der Waals surface area contributed by atoms with Gasteiger partial charge in [-0.1, -0.05) is 37.8 Å². The van der Waals surface area contributed by atoms with Gasteiger partial charge in [-0.05, 0) is 57.9 Å². The van der Waals surface area contributed by atoms with Gasteiger partial charge < -0.3 is 35.5 Å². The molecule has 0 radical (unpaired) electrons. The number of aliphatic hydroxyl groups is 2. The van der Waals surface area contributed by atoms with Crippen molar-refractivity contribution in [3.8, 4) is 0 Å². The molecule has 0 saturated heterocycles. The fourth-order valence-corrected chi connectivity index (χ4v) is 4.36. The number of hydrogen-bond acceptors (Lipinski definition) is 9. The van der Waals surface area contributed by atoms with Crippen LogP contribution in [0.4, 0.5) is 4.79 Å². The lowest BCUT2D eigenvalue weighted by Crippen LogP contribution is -2.48. The summed E-state index contributed by atoms with van der Waals surface area (Å²) in [4.78, 5) is 35.0. The van der Waals surface area contributed by atoms with Gasteiger partial charge in [0, 0.05) is 6.04 Å². The zero-order chi connectivity index (χ0) is 26.5. The third-order valence-electron chi connectivity index (χ3n) is 6.43. The lowest BCUT2D eigenvalue weighted by molar-refractivity contribution is -0.151. The predicted molar refractivity (Wildman–Crippen MR) is 138 cm³/mol.